The molecule has 2 aromatic heterocycles. The monoisotopic (exact) mass is 394 g/mol. The molecule has 144 valence electrons. The molecule has 1 aromatic carbocycles. The lowest BCUT2D eigenvalue weighted by atomic mass is 10.1. The predicted octanol–water partition coefficient (Wildman–Crippen LogP) is 3.63. The van der Waals surface area contributed by atoms with E-state index in [9.17, 15) is 4.79 Å². The van der Waals surface area contributed by atoms with Crippen LogP contribution in [0.2, 0.25) is 0 Å². The minimum absolute atomic E-state index is 0.0891. The van der Waals surface area contributed by atoms with Crippen LogP contribution in [0, 0.1) is 6.92 Å². The Labute approximate surface area is 168 Å². The van der Waals surface area contributed by atoms with Crippen molar-refractivity contribution in [3.63, 3.8) is 0 Å². The zero-order chi connectivity index (χ0) is 19.3. The molecule has 0 N–H and O–H groups in total. The number of thioether (sulfide) groups is 1. The zero-order valence-corrected chi connectivity index (χ0v) is 16.6. The average molecular weight is 395 g/mol. The van der Waals surface area contributed by atoms with Crippen LogP contribution in [0.5, 0.6) is 0 Å². The summed E-state index contributed by atoms with van der Waals surface area (Å²) in [5.41, 5.74) is 2.77. The average Bonchev–Trinajstić information content (AvgIpc) is 3.18. The predicted molar refractivity (Wildman–Crippen MR) is 110 cm³/mol. The Balaban J connectivity index is 1.41. The minimum atomic E-state index is 0.0891. The first-order valence-corrected chi connectivity index (χ1v) is 10.3. The lowest BCUT2D eigenvalue weighted by Gasteiger charge is -2.36. The van der Waals surface area contributed by atoms with Gasteiger partial charge in [0.2, 0.25) is 0 Å². The topological polar surface area (TPSA) is 62.5 Å². The highest BCUT2D eigenvalue weighted by Crippen LogP contribution is 2.28. The van der Waals surface area contributed by atoms with Gasteiger partial charge in [-0.05, 0) is 31.2 Å². The number of carbonyl (C=O) groups excluding carboxylic acids is 1. The molecule has 28 heavy (non-hydrogen) atoms. The number of benzene rings is 1. The second-order valence-corrected chi connectivity index (χ2v) is 7.72. The summed E-state index contributed by atoms with van der Waals surface area (Å²) in [6.07, 6.45) is 3.60. The van der Waals surface area contributed by atoms with Crippen molar-refractivity contribution < 1.29 is 9.32 Å². The molecule has 0 spiro atoms. The van der Waals surface area contributed by atoms with Gasteiger partial charge in [0.1, 0.15) is 5.76 Å². The van der Waals surface area contributed by atoms with E-state index in [0.717, 1.165) is 40.7 Å². The smallest absolute Gasteiger partial charge is 0.255 e. The van der Waals surface area contributed by atoms with Crippen molar-refractivity contribution in [2.75, 3.05) is 31.1 Å². The van der Waals surface area contributed by atoms with Gasteiger partial charge in [0.15, 0.2) is 0 Å². The normalized spacial score (nSPS) is 14.3. The summed E-state index contributed by atoms with van der Waals surface area (Å²) >= 11 is 1.60. The van der Waals surface area contributed by atoms with E-state index < -0.39 is 0 Å². The highest BCUT2D eigenvalue weighted by Gasteiger charge is 2.24. The maximum Gasteiger partial charge on any atom is 0.255 e. The molecular formula is C21H22N4O2S. The third-order valence-electron chi connectivity index (χ3n) is 4.76. The Morgan fingerprint density at radius 1 is 1.11 bits per heavy atom. The maximum absolute atomic E-state index is 13.1. The fraction of sp³-hybridized carbons (Fsp3) is 0.286. The third kappa shape index (κ3) is 4.20. The molecule has 3 heterocycles. The summed E-state index contributed by atoms with van der Waals surface area (Å²) in [7, 11) is 0. The van der Waals surface area contributed by atoms with Gasteiger partial charge in [-0.2, -0.15) is 0 Å². The second kappa shape index (κ2) is 8.48. The molecule has 6 nitrogen and oxygen atoms in total. The number of amides is 1. The van der Waals surface area contributed by atoms with E-state index in [-0.39, 0.29) is 5.91 Å². The summed E-state index contributed by atoms with van der Waals surface area (Å²) in [6.45, 7) is 4.97. The lowest BCUT2D eigenvalue weighted by Crippen LogP contribution is -2.48. The van der Waals surface area contributed by atoms with Gasteiger partial charge in [-0.3, -0.25) is 9.78 Å². The summed E-state index contributed by atoms with van der Waals surface area (Å²) < 4.78 is 5.28. The number of aromatic nitrogens is 2. The number of piperazine rings is 1. The quantitative estimate of drug-likeness (QED) is 0.616. The van der Waals surface area contributed by atoms with Crippen LogP contribution in [-0.2, 0) is 5.75 Å². The Morgan fingerprint density at radius 2 is 1.86 bits per heavy atom. The van der Waals surface area contributed by atoms with Crippen LogP contribution in [0.1, 0.15) is 21.8 Å². The molecule has 1 amide bonds. The number of anilines is 1. The maximum atomic E-state index is 13.1. The fourth-order valence-corrected chi connectivity index (χ4v) is 4.21. The van der Waals surface area contributed by atoms with Crippen LogP contribution >= 0.6 is 11.8 Å². The number of aryl methyl sites for hydroxylation is 1. The SMILES string of the molecule is Cc1cc(CSc2ccccc2C(=O)N2CCN(c3ccncc3)CC2)on1. The van der Waals surface area contributed by atoms with E-state index in [1.807, 2.05) is 54.3 Å². The van der Waals surface area contributed by atoms with Gasteiger partial charge in [-0.25, -0.2) is 0 Å². The van der Waals surface area contributed by atoms with Gasteiger partial charge in [0, 0.05) is 55.2 Å². The first-order chi connectivity index (χ1) is 13.7. The van der Waals surface area contributed by atoms with E-state index in [2.05, 4.69) is 15.0 Å². The Kier molecular flexibility index (Phi) is 5.62. The molecule has 1 fully saturated rings. The molecule has 0 aliphatic carbocycles. The zero-order valence-electron chi connectivity index (χ0n) is 15.7. The molecule has 1 saturated heterocycles. The van der Waals surface area contributed by atoms with Crippen molar-refractivity contribution in [3.8, 4) is 0 Å². The van der Waals surface area contributed by atoms with Crippen molar-refractivity contribution in [3.05, 3.63) is 71.9 Å². The van der Waals surface area contributed by atoms with Crippen LogP contribution in [0.25, 0.3) is 0 Å². The van der Waals surface area contributed by atoms with Gasteiger partial charge in [0.25, 0.3) is 5.91 Å². The number of carbonyl (C=O) groups is 1. The summed E-state index contributed by atoms with van der Waals surface area (Å²) in [6, 6.07) is 13.7. The van der Waals surface area contributed by atoms with Gasteiger partial charge < -0.3 is 14.3 Å². The molecule has 0 unspecified atom stereocenters. The van der Waals surface area contributed by atoms with Crippen LogP contribution in [-0.4, -0.2) is 47.1 Å². The summed E-state index contributed by atoms with van der Waals surface area (Å²) in [5, 5.41) is 3.92. The molecule has 7 heteroatoms. The number of rotatable bonds is 5. The van der Waals surface area contributed by atoms with Crippen molar-refractivity contribution in [1.29, 1.82) is 0 Å². The molecule has 0 bridgehead atoms. The summed E-state index contributed by atoms with van der Waals surface area (Å²) in [4.78, 5) is 22.4. The number of nitrogens with zero attached hydrogens (tertiary/aromatic N) is 4. The molecule has 1 aliphatic rings. The minimum Gasteiger partial charge on any atom is -0.368 e. The largest absolute Gasteiger partial charge is 0.368 e. The highest BCUT2D eigenvalue weighted by atomic mass is 32.2. The lowest BCUT2D eigenvalue weighted by molar-refractivity contribution is 0.0743. The molecule has 0 saturated carbocycles. The van der Waals surface area contributed by atoms with E-state index in [4.69, 9.17) is 4.52 Å². The van der Waals surface area contributed by atoms with Crippen LogP contribution in [0.3, 0.4) is 0 Å². The first kappa shape index (κ1) is 18.6. The van der Waals surface area contributed by atoms with Crippen molar-refractivity contribution >= 4 is 23.4 Å². The fourth-order valence-electron chi connectivity index (χ4n) is 3.30. The molecule has 0 atom stereocenters. The Bertz CT molecular complexity index is 936. The standard InChI is InChI=1S/C21H22N4O2S/c1-16-14-18(27-23-16)15-28-20-5-3-2-4-19(20)21(26)25-12-10-24(11-13-25)17-6-8-22-9-7-17/h2-9,14H,10-13,15H2,1H3. The third-order valence-corrected chi connectivity index (χ3v) is 5.85. The molecule has 3 aromatic rings. The van der Waals surface area contributed by atoms with Crippen molar-refractivity contribution in [2.24, 2.45) is 0 Å². The van der Waals surface area contributed by atoms with Gasteiger partial charge >= 0.3 is 0 Å². The van der Waals surface area contributed by atoms with E-state index in [1.54, 1.807) is 24.2 Å². The van der Waals surface area contributed by atoms with Crippen LogP contribution < -0.4 is 4.90 Å². The highest BCUT2D eigenvalue weighted by molar-refractivity contribution is 7.98. The Hall–Kier alpha value is -2.80. The number of pyridine rings is 1. The molecular weight excluding hydrogens is 372 g/mol. The number of hydrogen-bond acceptors (Lipinski definition) is 6. The van der Waals surface area contributed by atoms with Gasteiger partial charge in [-0.15, -0.1) is 11.8 Å². The van der Waals surface area contributed by atoms with Crippen LogP contribution in [0.15, 0.2) is 64.3 Å². The van der Waals surface area contributed by atoms with Crippen molar-refractivity contribution in [2.45, 2.75) is 17.6 Å². The van der Waals surface area contributed by atoms with E-state index in [0.29, 0.717) is 18.8 Å². The Morgan fingerprint density at radius 3 is 2.57 bits per heavy atom. The first-order valence-electron chi connectivity index (χ1n) is 9.29. The van der Waals surface area contributed by atoms with E-state index in [1.165, 1.54) is 0 Å². The number of hydrogen-bond donors (Lipinski definition) is 0. The van der Waals surface area contributed by atoms with Gasteiger partial charge in [-0.1, -0.05) is 17.3 Å². The molecule has 1 aliphatic heterocycles. The van der Waals surface area contributed by atoms with E-state index >= 15 is 0 Å². The van der Waals surface area contributed by atoms with Crippen LogP contribution in [0.4, 0.5) is 5.69 Å². The van der Waals surface area contributed by atoms with Gasteiger partial charge in [0.05, 0.1) is 17.0 Å². The summed E-state index contributed by atoms with van der Waals surface area (Å²) in [5.74, 6) is 1.56. The second-order valence-electron chi connectivity index (χ2n) is 6.70. The molecule has 4 rings (SSSR count). The van der Waals surface area contributed by atoms with Crippen molar-refractivity contribution in [1.82, 2.24) is 15.0 Å². The molecule has 0 radical (unpaired) electrons.